The molecule has 0 bridgehead atoms. The van der Waals surface area contributed by atoms with E-state index in [0.717, 1.165) is 51.4 Å². The normalized spacial score (nSPS) is 31.8. The van der Waals surface area contributed by atoms with Gasteiger partial charge in [0.05, 0.1) is 49.8 Å². The van der Waals surface area contributed by atoms with Crippen LogP contribution in [0.2, 0.25) is 0 Å². The van der Waals surface area contributed by atoms with E-state index in [1.54, 1.807) is 38.5 Å². The van der Waals surface area contributed by atoms with Gasteiger partial charge in [0.2, 0.25) is 5.78 Å². The Morgan fingerprint density at radius 1 is 0.455 bits per heavy atom. The van der Waals surface area contributed by atoms with Crippen LogP contribution >= 0.6 is 17.2 Å². The number of methoxy groups -OCH3 is 2. The number of ketones is 1. The quantitative estimate of drug-likeness (QED) is 0.0950. The van der Waals surface area contributed by atoms with Gasteiger partial charge in [-0.25, -0.2) is 0 Å². The van der Waals surface area contributed by atoms with Crippen LogP contribution in [-0.2, 0) is 18.1 Å². The second-order valence-corrected chi connectivity index (χ2v) is 24.7. The number of hydrogen-bond acceptors (Lipinski definition) is 9. The maximum atomic E-state index is 15.4. The van der Waals surface area contributed by atoms with Gasteiger partial charge in [-0.1, -0.05) is 109 Å². The predicted molar refractivity (Wildman–Crippen MR) is 269 cm³/mol. The molecule has 0 heterocycles. The van der Waals surface area contributed by atoms with Crippen molar-refractivity contribution in [3.8, 4) is 23.0 Å². The number of rotatable bonds is 20. The monoisotopic (exact) mass is 955 g/mol. The lowest BCUT2D eigenvalue weighted by Crippen LogP contribution is -2.36. The van der Waals surface area contributed by atoms with Gasteiger partial charge in [0.1, 0.15) is 23.0 Å². The maximum absolute atomic E-state index is 15.4. The minimum Gasteiger partial charge on any atom is -0.497 e. The van der Waals surface area contributed by atoms with E-state index < -0.39 is 17.2 Å². The molecule has 2 aromatic carbocycles. The van der Waals surface area contributed by atoms with Gasteiger partial charge in [-0.15, -0.1) is 0 Å². The van der Waals surface area contributed by atoms with Gasteiger partial charge in [0.25, 0.3) is 0 Å². The van der Waals surface area contributed by atoms with Crippen LogP contribution in [-0.4, -0.2) is 44.4 Å². The first-order valence-corrected chi connectivity index (χ1v) is 28.2. The highest BCUT2D eigenvalue weighted by Crippen LogP contribution is 2.55. The van der Waals surface area contributed by atoms with Gasteiger partial charge < -0.3 is 18.5 Å². The van der Waals surface area contributed by atoms with E-state index in [1.807, 2.05) is 12.1 Å². The van der Waals surface area contributed by atoms with Crippen LogP contribution in [0.5, 0.6) is 23.0 Å². The van der Waals surface area contributed by atoms with Crippen molar-refractivity contribution >= 4 is 23.0 Å². The topological polar surface area (TPSA) is 90.9 Å². The molecule has 0 N–H and O–H groups in total. The largest absolute Gasteiger partial charge is 0.497 e. The van der Waals surface area contributed by atoms with Crippen LogP contribution in [0.4, 0.5) is 0 Å². The molecule has 2 aromatic rings. The van der Waals surface area contributed by atoms with Gasteiger partial charge in [0, 0.05) is 12.1 Å². The van der Waals surface area contributed by atoms with Crippen LogP contribution in [0, 0.1) is 71.0 Å². The van der Waals surface area contributed by atoms with Crippen molar-refractivity contribution in [1.29, 1.82) is 0 Å². The molecule has 4 saturated carbocycles. The lowest BCUT2D eigenvalue weighted by molar-refractivity contribution is -0.00316. The van der Waals surface area contributed by atoms with Crippen molar-refractivity contribution in [3.05, 3.63) is 47.5 Å². The van der Waals surface area contributed by atoms with E-state index in [4.69, 9.17) is 36.6 Å². The minimum atomic E-state index is -1.92. The Morgan fingerprint density at radius 3 is 0.970 bits per heavy atom. The SMILES string of the molecule is COc1ccc(C(=O)c2ccc(OC)cc2OP(O[C@@H]2C[C@H](C)CCC2C(C)C)O[C@@H]2C[C@H](C)CC[C@H]2C(C)C)c(OP(O[C@@H]2C[C@H](C)CCC2C(C)C)O[C@@H]2C[C@H](C)CC[C@H]2C(C)C)c1. The minimum absolute atomic E-state index is 0.0196. The second kappa shape index (κ2) is 24.7. The van der Waals surface area contributed by atoms with Gasteiger partial charge in [-0.05, 0) is 147 Å². The first-order chi connectivity index (χ1) is 31.4. The molecule has 0 radical (unpaired) electrons. The molecule has 0 saturated heterocycles. The van der Waals surface area contributed by atoms with E-state index in [9.17, 15) is 0 Å². The highest BCUT2D eigenvalue weighted by atomic mass is 31.2. The Labute approximate surface area is 403 Å². The van der Waals surface area contributed by atoms with Crippen LogP contribution in [0.1, 0.15) is 176 Å². The fourth-order valence-electron chi connectivity index (χ4n) is 11.6. The number of hydrogen-bond donors (Lipinski definition) is 0. The summed E-state index contributed by atoms with van der Waals surface area (Å²) >= 11 is 0. The van der Waals surface area contributed by atoms with Gasteiger partial charge in [-0.3, -0.25) is 22.9 Å². The molecule has 9 nitrogen and oxygen atoms in total. The number of ether oxygens (including phenoxy) is 2. The zero-order valence-corrected chi connectivity index (χ0v) is 45.0. The lowest BCUT2D eigenvalue weighted by atomic mass is 9.75. The first kappa shape index (κ1) is 53.4. The zero-order chi connectivity index (χ0) is 47.8. The summed E-state index contributed by atoms with van der Waals surface area (Å²) in [6, 6.07) is 10.8. The average molecular weight is 955 g/mol. The van der Waals surface area contributed by atoms with Crippen molar-refractivity contribution in [2.75, 3.05) is 14.2 Å². The molecule has 6 rings (SSSR count). The molecule has 372 valence electrons. The summed E-state index contributed by atoms with van der Waals surface area (Å²) in [6.45, 7) is 27.6. The smallest absolute Gasteiger partial charge is 0.397 e. The van der Waals surface area contributed by atoms with Crippen LogP contribution in [0.15, 0.2) is 36.4 Å². The summed E-state index contributed by atoms with van der Waals surface area (Å²) < 4.78 is 54.1. The summed E-state index contributed by atoms with van der Waals surface area (Å²) in [5.74, 6) is 7.12. The third-order valence-electron chi connectivity index (χ3n) is 15.9. The summed E-state index contributed by atoms with van der Waals surface area (Å²) in [4.78, 5) is 15.4. The highest BCUT2D eigenvalue weighted by molar-refractivity contribution is 7.42. The summed E-state index contributed by atoms with van der Waals surface area (Å²) in [6.07, 6.45) is 12.9. The summed E-state index contributed by atoms with van der Waals surface area (Å²) in [5, 5.41) is 0. The van der Waals surface area contributed by atoms with Crippen molar-refractivity contribution in [2.45, 2.75) is 185 Å². The third kappa shape index (κ3) is 14.1. The molecule has 66 heavy (non-hydrogen) atoms. The number of carbonyl (C=O) groups is 1. The van der Waals surface area contributed by atoms with Gasteiger partial charge in [-0.2, -0.15) is 0 Å². The van der Waals surface area contributed by atoms with Crippen molar-refractivity contribution in [2.24, 2.45) is 71.0 Å². The molecule has 4 aliphatic carbocycles. The molecule has 14 atom stereocenters. The maximum Gasteiger partial charge on any atom is 0.397 e. The number of carbonyl (C=O) groups excluding carboxylic acids is 1. The molecular weight excluding hydrogens is 867 g/mol. The molecule has 0 spiro atoms. The van der Waals surface area contributed by atoms with Gasteiger partial charge >= 0.3 is 17.2 Å². The molecule has 4 unspecified atom stereocenters. The first-order valence-electron chi connectivity index (χ1n) is 26.0. The third-order valence-corrected chi connectivity index (χ3v) is 18.4. The number of benzene rings is 2. The predicted octanol–water partition coefficient (Wildman–Crippen LogP) is 16.1. The van der Waals surface area contributed by atoms with Crippen molar-refractivity contribution in [3.63, 3.8) is 0 Å². The van der Waals surface area contributed by atoms with E-state index in [2.05, 4.69) is 83.1 Å². The highest BCUT2D eigenvalue weighted by Gasteiger charge is 2.42. The van der Waals surface area contributed by atoms with Gasteiger partial charge in [0.15, 0.2) is 0 Å². The Balaban J connectivity index is 1.38. The molecule has 4 fully saturated rings. The van der Waals surface area contributed by atoms with Crippen LogP contribution in [0.25, 0.3) is 0 Å². The molecule has 0 aliphatic heterocycles. The fourth-order valence-corrected chi connectivity index (χ4v) is 14.4. The Kier molecular flexibility index (Phi) is 20.0. The van der Waals surface area contributed by atoms with E-state index in [1.165, 1.54) is 25.7 Å². The van der Waals surface area contributed by atoms with E-state index in [-0.39, 0.29) is 30.2 Å². The second-order valence-electron chi connectivity index (χ2n) is 22.6. The molecule has 4 aliphatic rings. The van der Waals surface area contributed by atoms with Crippen LogP contribution < -0.4 is 18.5 Å². The Hall–Kier alpha value is -1.99. The van der Waals surface area contributed by atoms with Crippen molar-refractivity contribution in [1.82, 2.24) is 0 Å². The lowest BCUT2D eigenvalue weighted by Gasteiger charge is -2.41. The fraction of sp³-hybridized carbons (Fsp3) is 0.764. The molecule has 0 aromatic heterocycles. The Bertz CT molecular complexity index is 1620. The average Bonchev–Trinajstić information content (AvgIpc) is 3.25. The summed E-state index contributed by atoms with van der Waals surface area (Å²) in [5.41, 5.74) is 0.738. The Morgan fingerprint density at radius 2 is 0.727 bits per heavy atom. The molecular formula is C55H88O9P2. The molecule has 0 amide bonds. The zero-order valence-electron chi connectivity index (χ0n) is 43.3. The molecule has 11 heteroatoms. The van der Waals surface area contributed by atoms with E-state index >= 15 is 4.79 Å². The van der Waals surface area contributed by atoms with Crippen molar-refractivity contribution < 1.29 is 41.4 Å². The summed E-state index contributed by atoms with van der Waals surface area (Å²) in [7, 11) is -0.579. The van der Waals surface area contributed by atoms with Crippen LogP contribution in [0.3, 0.4) is 0 Å². The standard InChI is InChI=1S/C55H88O9P2/c1-33(2)43-21-15-37(9)27-49(43)59-65(60-50-28-38(10)16-22-44(50)34(3)4)63-53-31-41(57-13)19-25-47(53)55(56)48-26-20-42(58-14)32-54(48)64-66(61-51-29-39(11)17-23-45(51)35(5)6)62-52-30-40(12)18-24-46(52)36(7)8/h19-20,25-26,31-40,43-46,49-52H,15-18,21-24,27-30H2,1-14H3/t37-,38-,39-,40-,43+,44?,45+,46?,49-,50-,51-,52-,65?,66?/m1/s1. The van der Waals surface area contributed by atoms with E-state index in [0.29, 0.717) is 105 Å².